The molecule has 0 radical (unpaired) electrons. The Morgan fingerprint density at radius 3 is 2.11 bits per heavy atom. The zero-order chi connectivity index (χ0) is 14.3. The van der Waals surface area contributed by atoms with Gasteiger partial charge in [0.1, 0.15) is 0 Å². The van der Waals surface area contributed by atoms with Gasteiger partial charge in [0.15, 0.2) is 5.25 Å². The van der Waals surface area contributed by atoms with E-state index in [2.05, 4.69) is 8.92 Å². The van der Waals surface area contributed by atoms with Gasteiger partial charge in [-0.2, -0.15) is 8.42 Å². The predicted octanol–water partition coefficient (Wildman–Crippen LogP) is 0.0935. The van der Waals surface area contributed by atoms with Gasteiger partial charge in [-0.05, 0) is 5.92 Å². The standard InChI is InChI=1S/C10H18O7S/c1-7(2)6-17-9(11)5-8(10(12)15-3)18(13,14)16-4/h7-8H,5-6H2,1-4H3. The van der Waals surface area contributed by atoms with E-state index in [9.17, 15) is 18.0 Å². The summed E-state index contributed by atoms with van der Waals surface area (Å²) in [6.45, 7) is 3.81. The molecule has 0 aliphatic rings. The van der Waals surface area contributed by atoms with Crippen LogP contribution in [0, 0.1) is 5.92 Å². The summed E-state index contributed by atoms with van der Waals surface area (Å²) in [5, 5.41) is -1.70. The molecule has 0 aromatic carbocycles. The molecule has 0 saturated heterocycles. The monoisotopic (exact) mass is 282 g/mol. The second-order valence-electron chi connectivity index (χ2n) is 3.95. The normalized spacial score (nSPS) is 13.2. The molecule has 106 valence electrons. The molecular weight excluding hydrogens is 264 g/mol. The van der Waals surface area contributed by atoms with Crippen LogP contribution in [0.3, 0.4) is 0 Å². The molecule has 0 heterocycles. The molecule has 0 bridgehead atoms. The molecule has 7 nitrogen and oxygen atoms in total. The first-order chi connectivity index (χ1) is 8.24. The minimum atomic E-state index is -4.18. The van der Waals surface area contributed by atoms with Gasteiger partial charge in [0, 0.05) is 0 Å². The first-order valence-corrected chi connectivity index (χ1v) is 6.74. The summed E-state index contributed by atoms with van der Waals surface area (Å²) in [6, 6.07) is 0. The highest BCUT2D eigenvalue weighted by atomic mass is 32.2. The molecular formula is C10H18O7S. The van der Waals surface area contributed by atoms with Crippen LogP contribution in [-0.4, -0.2) is 46.4 Å². The van der Waals surface area contributed by atoms with Crippen molar-refractivity contribution in [1.82, 2.24) is 0 Å². The molecule has 0 spiro atoms. The van der Waals surface area contributed by atoms with E-state index in [0.29, 0.717) is 0 Å². The Balaban J connectivity index is 4.72. The lowest BCUT2D eigenvalue weighted by molar-refractivity contribution is -0.149. The Kier molecular flexibility index (Phi) is 6.85. The Labute approximate surface area is 107 Å². The molecule has 0 amide bonds. The van der Waals surface area contributed by atoms with Crippen LogP contribution in [-0.2, 0) is 33.4 Å². The SMILES string of the molecule is COC(=O)C(CC(=O)OCC(C)C)S(=O)(=O)OC. The summed E-state index contributed by atoms with van der Waals surface area (Å²) in [7, 11) is -2.25. The lowest BCUT2D eigenvalue weighted by Crippen LogP contribution is -2.35. The van der Waals surface area contributed by atoms with Crippen LogP contribution in [0.25, 0.3) is 0 Å². The number of hydrogen-bond donors (Lipinski definition) is 0. The molecule has 1 unspecified atom stereocenters. The average Bonchev–Trinajstić information content (AvgIpc) is 2.32. The fourth-order valence-electron chi connectivity index (χ4n) is 1.02. The fraction of sp³-hybridized carbons (Fsp3) is 0.800. The quantitative estimate of drug-likeness (QED) is 0.482. The van der Waals surface area contributed by atoms with Crippen molar-refractivity contribution in [2.24, 2.45) is 5.92 Å². The van der Waals surface area contributed by atoms with Crippen LogP contribution in [0.2, 0.25) is 0 Å². The molecule has 0 rings (SSSR count). The van der Waals surface area contributed by atoms with Gasteiger partial charge in [0.2, 0.25) is 0 Å². The van der Waals surface area contributed by atoms with Gasteiger partial charge >= 0.3 is 11.9 Å². The fourth-order valence-corrected chi connectivity index (χ4v) is 1.93. The maximum atomic E-state index is 11.4. The van der Waals surface area contributed by atoms with Gasteiger partial charge < -0.3 is 9.47 Å². The Bertz CT molecular complexity index is 385. The van der Waals surface area contributed by atoms with Crippen molar-refractivity contribution in [2.45, 2.75) is 25.5 Å². The second-order valence-corrected chi connectivity index (χ2v) is 5.84. The zero-order valence-electron chi connectivity index (χ0n) is 10.8. The Hall–Kier alpha value is -1.15. The maximum absolute atomic E-state index is 11.4. The van der Waals surface area contributed by atoms with E-state index in [-0.39, 0.29) is 12.5 Å². The zero-order valence-corrected chi connectivity index (χ0v) is 11.7. The molecule has 0 aliphatic carbocycles. The summed E-state index contributed by atoms with van der Waals surface area (Å²) in [5.41, 5.74) is 0. The summed E-state index contributed by atoms with van der Waals surface area (Å²) >= 11 is 0. The summed E-state index contributed by atoms with van der Waals surface area (Å²) < 4.78 is 36.2. The third kappa shape index (κ3) is 5.46. The number of carbonyl (C=O) groups is 2. The van der Waals surface area contributed by atoms with E-state index in [1.165, 1.54) is 0 Å². The Morgan fingerprint density at radius 1 is 1.17 bits per heavy atom. The summed E-state index contributed by atoms with van der Waals surface area (Å²) in [4.78, 5) is 22.7. The average molecular weight is 282 g/mol. The van der Waals surface area contributed by atoms with Gasteiger partial charge in [-0.3, -0.25) is 13.8 Å². The smallest absolute Gasteiger partial charge is 0.327 e. The number of rotatable bonds is 7. The third-order valence-corrected chi connectivity index (χ3v) is 3.50. The highest BCUT2D eigenvalue weighted by molar-refractivity contribution is 7.88. The van der Waals surface area contributed by atoms with E-state index < -0.39 is 33.7 Å². The minimum Gasteiger partial charge on any atom is -0.468 e. The van der Waals surface area contributed by atoms with E-state index >= 15 is 0 Å². The van der Waals surface area contributed by atoms with Gasteiger partial charge in [-0.15, -0.1) is 0 Å². The van der Waals surface area contributed by atoms with Crippen molar-refractivity contribution < 1.29 is 31.7 Å². The number of ether oxygens (including phenoxy) is 2. The van der Waals surface area contributed by atoms with Crippen LogP contribution in [0.1, 0.15) is 20.3 Å². The number of carbonyl (C=O) groups excluding carboxylic acids is 2. The van der Waals surface area contributed by atoms with Crippen LogP contribution in [0.5, 0.6) is 0 Å². The molecule has 0 N–H and O–H groups in total. The first-order valence-electron chi connectivity index (χ1n) is 5.27. The minimum absolute atomic E-state index is 0.115. The largest absolute Gasteiger partial charge is 0.468 e. The van der Waals surface area contributed by atoms with Crippen molar-refractivity contribution in [2.75, 3.05) is 20.8 Å². The van der Waals surface area contributed by atoms with Gasteiger partial charge in [-0.25, -0.2) is 0 Å². The van der Waals surface area contributed by atoms with E-state index in [4.69, 9.17) is 4.74 Å². The third-order valence-electron chi connectivity index (χ3n) is 1.97. The van der Waals surface area contributed by atoms with Crippen LogP contribution in [0.4, 0.5) is 0 Å². The highest BCUT2D eigenvalue weighted by Gasteiger charge is 2.36. The first kappa shape index (κ1) is 16.9. The molecule has 0 fully saturated rings. The van der Waals surface area contributed by atoms with E-state index in [1.807, 2.05) is 13.8 Å². The molecule has 0 saturated carbocycles. The van der Waals surface area contributed by atoms with Crippen molar-refractivity contribution in [3.8, 4) is 0 Å². The van der Waals surface area contributed by atoms with Crippen molar-refractivity contribution in [3.05, 3.63) is 0 Å². The molecule has 0 aromatic heterocycles. The van der Waals surface area contributed by atoms with Gasteiger partial charge in [0.05, 0.1) is 27.2 Å². The van der Waals surface area contributed by atoms with Gasteiger partial charge in [0.25, 0.3) is 10.1 Å². The molecule has 8 heteroatoms. The number of esters is 2. The molecule has 18 heavy (non-hydrogen) atoms. The summed E-state index contributed by atoms with van der Waals surface area (Å²) in [5.74, 6) is -1.73. The van der Waals surface area contributed by atoms with Crippen LogP contribution < -0.4 is 0 Å². The number of hydrogen-bond acceptors (Lipinski definition) is 7. The molecule has 0 aromatic rings. The highest BCUT2D eigenvalue weighted by Crippen LogP contribution is 2.11. The van der Waals surface area contributed by atoms with E-state index in [1.54, 1.807) is 0 Å². The molecule has 1 atom stereocenters. The van der Waals surface area contributed by atoms with Crippen LogP contribution >= 0.6 is 0 Å². The predicted molar refractivity (Wildman–Crippen MR) is 62.1 cm³/mol. The second kappa shape index (κ2) is 7.32. The Morgan fingerprint density at radius 2 is 1.72 bits per heavy atom. The summed E-state index contributed by atoms with van der Waals surface area (Å²) in [6.07, 6.45) is -0.629. The molecule has 0 aliphatic heterocycles. The van der Waals surface area contributed by atoms with Crippen molar-refractivity contribution >= 4 is 22.1 Å². The van der Waals surface area contributed by atoms with E-state index in [0.717, 1.165) is 14.2 Å². The van der Waals surface area contributed by atoms with Crippen molar-refractivity contribution in [3.63, 3.8) is 0 Å². The van der Waals surface area contributed by atoms with Gasteiger partial charge in [-0.1, -0.05) is 13.8 Å². The van der Waals surface area contributed by atoms with Crippen molar-refractivity contribution in [1.29, 1.82) is 0 Å². The topological polar surface area (TPSA) is 96.0 Å². The van der Waals surface area contributed by atoms with Crippen LogP contribution in [0.15, 0.2) is 0 Å². The maximum Gasteiger partial charge on any atom is 0.327 e. The lowest BCUT2D eigenvalue weighted by Gasteiger charge is -2.13. The number of methoxy groups -OCH3 is 1. The lowest BCUT2D eigenvalue weighted by atomic mass is 10.2.